The first-order valence-corrected chi connectivity index (χ1v) is 9.54. The molecule has 0 bridgehead atoms. The standard InChI is InChI=1S/C18H30N4O5/c1-10(2)14(19)15(23)20-11(3)16(24)21-8-4-6-12(21)17(25)22-9-5-7-13(22)18(26)27/h10-14H,4-9,19H2,1-3H3,(H,20,23)(H,26,27). The molecule has 27 heavy (non-hydrogen) atoms. The minimum absolute atomic E-state index is 0.0588. The van der Waals surface area contributed by atoms with Gasteiger partial charge in [0.25, 0.3) is 0 Å². The molecule has 0 aromatic heterocycles. The van der Waals surface area contributed by atoms with E-state index in [0.29, 0.717) is 38.8 Å². The molecule has 0 spiro atoms. The van der Waals surface area contributed by atoms with Crippen LogP contribution in [0.4, 0.5) is 0 Å². The summed E-state index contributed by atoms with van der Waals surface area (Å²) in [5.41, 5.74) is 5.81. The van der Waals surface area contributed by atoms with E-state index in [9.17, 15) is 24.3 Å². The Labute approximate surface area is 159 Å². The lowest BCUT2D eigenvalue weighted by Gasteiger charge is -2.31. The molecule has 9 heteroatoms. The van der Waals surface area contributed by atoms with Crippen LogP contribution >= 0.6 is 0 Å². The zero-order chi connectivity index (χ0) is 20.3. The highest BCUT2D eigenvalue weighted by atomic mass is 16.4. The summed E-state index contributed by atoms with van der Waals surface area (Å²) in [6.45, 7) is 6.02. The highest BCUT2D eigenvalue weighted by Crippen LogP contribution is 2.25. The Morgan fingerprint density at radius 3 is 2.11 bits per heavy atom. The first kappa shape index (κ1) is 21.1. The number of hydrogen-bond acceptors (Lipinski definition) is 5. The number of carboxylic acids is 1. The van der Waals surface area contributed by atoms with E-state index in [1.165, 1.54) is 9.80 Å². The van der Waals surface area contributed by atoms with Crippen molar-refractivity contribution in [1.29, 1.82) is 0 Å². The second kappa shape index (κ2) is 8.69. The largest absolute Gasteiger partial charge is 0.480 e. The third-order valence-electron chi connectivity index (χ3n) is 5.39. The fourth-order valence-electron chi connectivity index (χ4n) is 3.69. The molecule has 3 amide bonds. The molecule has 2 aliphatic heterocycles. The van der Waals surface area contributed by atoms with Gasteiger partial charge in [0.15, 0.2) is 0 Å². The van der Waals surface area contributed by atoms with Crippen molar-refractivity contribution in [2.24, 2.45) is 11.7 Å². The number of hydrogen-bond donors (Lipinski definition) is 3. The smallest absolute Gasteiger partial charge is 0.326 e. The van der Waals surface area contributed by atoms with E-state index in [0.717, 1.165) is 0 Å². The number of rotatable bonds is 6. The van der Waals surface area contributed by atoms with Gasteiger partial charge in [-0.15, -0.1) is 0 Å². The van der Waals surface area contributed by atoms with Crippen LogP contribution in [0.3, 0.4) is 0 Å². The van der Waals surface area contributed by atoms with Crippen molar-refractivity contribution >= 4 is 23.7 Å². The summed E-state index contributed by atoms with van der Waals surface area (Å²) in [7, 11) is 0. The highest BCUT2D eigenvalue weighted by molar-refractivity contribution is 5.94. The van der Waals surface area contributed by atoms with Crippen molar-refractivity contribution in [2.75, 3.05) is 13.1 Å². The number of aliphatic carboxylic acids is 1. The summed E-state index contributed by atoms with van der Waals surface area (Å²) in [4.78, 5) is 52.0. The summed E-state index contributed by atoms with van der Waals surface area (Å²) in [6, 6.07) is -3.01. The van der Waals surface area contributed by atoms with Crippen molar-refractivity contribution in [3.63, 3.8) is 0 Å². The minimum Gasteiger partial charge on any atom is -0.480 e. The summed E-state index contributed by atoms with van der Waals surface area (Å²) in [6.07, 6.45) is 2.24. The van der Waals surface area contributed by atoms with Crippen molar-refractivity contribution in [3.05, 3.63) is 0 Å². The minimum atomic E-state index is -1.01. The van der Waals surface area contributed by atoms with E-state index in [4.69, 9.17) is 5.73 Å². The lowest BCUT2D eigenvalue weighted by atomic mass is 10.0. The highest BCUT2D eigenvalue weighted by Gasteiger charge is 2.43. The zero-order valence-corrected chi connectivity index (χ0v) is 16.2. The number of carbonyl (C=O) groups excluding carboxylic acids is 3. The number of nitrogens with one attached hydrogen (secondary N) is 1. The lowest BCUT2D eigenvalue weighted by molar-refractivity contribution is -0.152. The van der Waals surface area contributed by atoms with E-state index in [1.54, 1.807) is 6.92 Å². The summed E-state index contributed by atoms with van der Waals surface area (Å²) in [5.74, 6) is -2.14. The van der Waals surface area contributed by atoms with Gasteiger partial charge in [0.05, 0.1) is 6.04 Å². The van der Waals surface area contributed by atoms with Crippen LogP contribution in [0.1, 0.15) is 46.5 Å². The molecule has 2 heterocycles. The Bertz CT molecular complexity index is 609. The third-order valence-corrected chi connectivity index (χ3v) is 5.39. The Morgan fingerprint density at radius 2 is 1.56 bits per heavy atom. The molecule has 9 nitrogen and oxygen atoms in total. The number of carboxylic acid groups (broad SMARTS) is 1. The molecule has 0 saturated carbocycles. The van der Waals surface area contributed by atoms with Crippen LogP contribution in [-0.2, 0) is 19.2 Å². The van der Waals surface area contributed by atoms with Crippen molar-refractivity contribution in [1.82, 2.24) is 15.1 Å². The number of nitrogens with zero attached hydrogens (tertiary/aromatic N) is 2. The van der Waals surface area contributed by atoms with E-state index in [1.807, 2.05) is 13.8 Å². The predicted molar refractivity (Wildman–Crippen MR) is 97.5 cm³/mol. The van der Waals surface area contributed by atoms with Crippen LogP contribution in [0.25, 0.3) is 0 Å². The average molecular weight is 382 g/mol. The Balaban J connectivity index is 2.04. The van der Waals surface area contributed by atoms with Crippen LogP contribution in [-0.4, -0.2) is 75.9 Å². The maximum absolute atomic E-state index is 12.9. The van der Waals surface area contributed by atoms with Crippen LogP contribution in [0.15, 0.2) is 0 Å². The zero-order valence-electron chi connectivity index (χ0n) is 16.2. The van der Waals surface area contributed by atoms with Gasteiger partial charge in [0.1, 0.15) is 18.1 Å². The molecule has 0 radical (unpaired) electrons. The van der Waals surface area contributed by atoms with Crippen LogP contribution < -0.4 is 11.1 Å². The molecular weight excluding hydrogens is 352 g/mol. The molecule has 2 fully saturated rings. The monoisotopic (exact) mass is 382 g/mol. The molecular formula is C18H30N4O5. The van der Waals surface area contributed by atoms with Crippen molar-refractivity contribution in [3.8, 4) is 0 Å². The lowest BCUT2D eigenvalue weighted by Crippen LogP contribution is -2.56. The predicted octanol–water partition coefficient (Wildman–Crippen LogP) is -0.459. The number of nitrogens with two attached hydrogens (primary N) is 1. The normalized spacial score (nSPS) is 24.8. The Kier molecular flexibility index (Phi) is 6.80. The fraction of sp³-hybridized carbons (Fsp3) is 0.778. The van der Waals surface area contributed by atoms with E-state index >= 15 is 0 Å². The van der Waals surface area contributed by atoms with Crippen molar-refractivity contribution in [2.45, 2.75) is 70.6 Å². The number of likely N-dealkylation sites (tertiary alicyclic amines) is 2. The molecule has 2 saturated heterocycles. The first-order chi connectivity index (χ1) is 12.6. The Hall–Kier alpha value is -2.16. The fourth-order valence-corrected chi connectivity index (χ4v) is 3.69. The van der Waals surface area contributed by atoms with E-state index in [2.05, 4.69) is 5.32 Å². The molecule has 2 rings (SSSR count). The molecule has 0 aromatic rings. The summed E-state index contributed by atoms with van der Waals surface area (Å²) >= 11 is 0. The van der Waals surface area contributed by atoms with Gasteiger partial charge in [0, 0.05) is 13.1 Å². The molecule has 4 unspecified atom stereocenters. The van der Waals surface area contributed by atoms with E-state index in [-0.39, 0.29) is 17.7 Å². The number of carbonyl (C=O) groups is 4. The quantitative estimate of drug-likeness (QED) is 0.569. The SMILES string of the molecule is CC(NC(=O)C(N)C(C)C)C(=O)N1CCCC1C(=O)N1CCCC1C(=O)O. The maximum atomic E-state index is 12.9. The van der Waals surface area contributed by atoms with Gasteiger partial charge >= 0.3 is 5.97 Å². The molecule has 0 aromatic carbocycles. The second-order valence-electron chi connectivity index (χ2n) is 7.72. The molecule has 4 N–H and O–H groups in total. The maximum Gasteiger partial charge on any atom is 0.326 e. The van der Waals surface area contributed by atoms with Gasteiger partial charge in [-0.2, -0.15) is 0 Å². The average Bonchev–Trinajstić information content (AvgIpc) is 3.28. The van der Waals surface area contributed by atoms with Crippen LogP contribution in [0.5, 0.6) is 0 Å². The molecule has 4 atom stereocenters. The second-order valence-corrected chi connectivity index (χ2v) is 7.72. The van der Waals surface area contributed by atoms with Gasteiger partial charge < -0.3 is 26.0 Å². The molecule has 2 aliphatic rings. The van der Waals surface area contributed by atoms with Crippen LogP contribution in [0, 0.1) is 5.92 Å². The summed E-state index contributed by atoms with van der Waals surface area (Å²) < 4.78 is 0. The van der Waals surface area contributed by atoms with Gasteiger partial charge in [-0.3, -0.25) is 14.4 Å². The van der Waals surface area contributed by atoms with Crippen LogP contribution in [0.2, 0.25) is 0 Å². The molecule has 0 aliphatic carbocycles. The number of amides is 3. The van der Waals surface area contributed by atoms with Gasteiger partial charge in [-0.1, -0.05) is 13.8 Å². The van der Waals surface area contributed by atoms with Gasteiger partial charge in [0.2, 0.25) is 17.7 Å². The Morgan fingerprint density at radius 1 is 1.00 bits per heavy atom. The molecule has 152 valence electrons. The van der Waals surface area contributed by atoms with Crippen molar-refractivity contribution < 1.29 is 24.3 Å². The van der Waals surface area contributed by atoms with Gasteiger partial charge in [-0.05, 0) is 38.5 Å². The van der Waals surface area contributed by atoms with E-state index < -0.39 is 36.0 Å². The summed E-state index contributed by atoms with van der Waals surface area (Å²) in [5, 5.41) is 11.9. The first-order valence-electron chi connectivity index (χ1n) is 9.54. The van der Waals surface area contributed by atoms with Gasteiger partial charge in [-0.25, -0.2) is 4.79 Å². The third kappa shape index (κ3) is 4.58. The topological polar surface area (TPSA) is 133 Å².